The molecule has 6 heteroatoms. The average Bonchev–Trinajstić information content (AvgIpc) is 2.77. The zero-order chi connectivity index (χ0) is 14.9. The van der Waals surface area contributed by atoms with E-state index in [0.717, 1.165) is 6.42 Å². The third kappa shape index (κ3) is 2.80. The molecule has 1 heterocycles. The third-order valence-corrected chi connectivity index (χ3v) is 5.99. The highest BCUT2D eigenvalue weighted by Crippen LogP contribution is 2.31. The molecule has 20 heavy (non-hydrogen) atoms. The van der Waals surface area contributed by atoms with Gasteiger partial charge >= 0.3 is 0 Å². The van der Waals surface area contributed by atoms with Crippen LogP contribution in [-0.2, 0) is 15.9 Å². The second-order valence-electron chi connectivity index (χ2n) is 5.37. The molecule has 0 bridgehead atoms. The van der Waals surface area contributed by atoms with E-state index in [2.05, 4.69) is 6.92 Å². The Morgan fingerprint density at radius 1 is 1.40 bits per heavy atom. The van der Waals surface area contributed by atoms with Crippen molar-refractivity contribution in [2.75, 3.05) is 13.7 Å². The highest BCUT2D eigenvalue weighted by molar-refractivity contribution is 7.89. The van der Waals surface area contributed by atoms with Crippen molar-refractivity contribution in [2.45, 2.75) is 37.1 Å². The lowest BCUT2D eigenvalue weighted by molar-refractivity contribution is 0.403. The van der Waals surface area contributed by atoms with Crippen LogP contribution in [0.2, 0.25) is 0 Å². The Morgan fingerprint density at radius 2 is 2.10 bits per heavy atom. The molecule has 112 valence electrons. The highest BCUT2D eigenvalue weighted by Gasteiger charge is 2.36. The Hall–Kier alpha value is -0.780. The summed E-state index contributed by atoms with van der Waals surface area (Å²) in [5.74, 6) is 1.23. The van der Waals surface area contributed by atoms with Gasteiger partial charge in [-0.2, -0.15) is 4.31 Å². The van der Waals surface area contributed by atoms with Crippen LogP contribution in [0, 0.1) is 5.92 Å². The summed E-state index contributed by atoms with van der Waals surface area (Å²) in [5.41, 5.74) is 0.690. The van der Waals surface area contributed by atoms with Crippen LogP contribution in [0.3, 0.4) is 0 Å². The quantitative estimate of drug-likeness (QED) is 0.802. The van der Waals surface area contributed by atoms with Gasteiger partial charge in [0.1, 0.15) is 5.75 Å². The van der Waals surface area contributed by atoms with Gasteiger partial charge < -0.3 is 4.74 Å². The maximum absolute atomic E-state index is 12.7. The first-order valence-electron chi connectivity index (χ1n) is 6.65. The minimum atomic E-state index is -3.46. The van der Waals surface area contributed by atoms with Crippen molar-refractivity contribution < 1.29 is 13.2 Å². The molecule has 0 aliphatic carbocycles. The van der Waals surface area contributed by atoms with Gasteiger partial charge in [0.05, 0.1) is 17.9 Å². The van der Waals surface area contributed by atoms with Crippen molar-refractivity contribution in [1.29, 1.82) is 0 Å². The molecule has 0 amide bonds. The van der Waals surface area contributed by atoms with E-state index in [4.69, 9.17) is 16.3 Å². The van der Waals surface area contributed by atoms with Gasteiger partial charge in [0.25, 0.3) is 0 Å². The number of alkyl halides is 1. The first kappa shape index (κ1) is 15.6. The lowest BCUT2D eigenvalue weighted by Gasteiger charge is -2.21. The van der Waals surface area contributed by atoms with Gasteiger partial charge in [-0.25, -0.2) is 8.42 Å². The predicted octanol–water partition coefficient (Wildman–Crippen LogP) is 2.85. The number of methoxy groups -OCH3 is 1. The number of hydrogen-bond donors (Lipinski definition) is 0. The standard InChI is InChI=1S/C14H20ClNO3S/c1-10-6-11(2)16(9-10)20(17,18)13-4-5-14(19-3)12(7-13)8-15/h4-5,7,10-11H,6,8-9H2,1-3H3. The molecule has 0 radical (unpaired) electrons. The van der Waals surface area contributed by atoms with Crippen LogP contribution < -0.4 is 4.74 Å². The van der Waals surface area contributed by atoms with Gasteiger partial charge in [-0.05, 0) is 37.5 Å². The van der Waals surface area contributed by atoms with Crippen LogP contribution in [0.25, 0.3) is 0 Å². The van der Waals surface area contributed by atoms with Gasteiger partial charge in [0, 0.05) is 18.2 Å². The van der Waals surface area contributed by atoms with Crippen LogP contribution in [0.15, 0.2) is 23.1 Å². The van der Waals surface area contributed by atoms with Crippen molar-refractivity contribution in [2.24, 2.45) is 5.92 Å². The molecule has 1 saturated heterocycles. The van der Waals surface area contributed by atoms with Gasteiger partial charge in [-0.3, -0.25) is 0 Å². The van der Waals surface area contributed by atoms with E-state index < -0.39 is 10.0 Å². The first-order chi connectivity index (χ1) is 9.40. The van der Waals surface area contributed by atoms with E-state index in [-0.39, 0.29) is 16.8 Å². The van der Waals surface area contributed by atoms with E-state index in [0.29, 0.717) is 23.8 Å². The molecule has 4 nitrogen and oxygen atoms in total. The Balaban J connectivity index is 2.39. The first-order valence-corrected chi connectivity index (χ1v) is 8.62. The molecule has 0 N–H and O–H groups in total. The Morgan fingerprint density at radius 3 is 2.60 bits per heavy atom. The summed E-state index contributed by atoms with van der Waals surface area (Å²) in [5, 5.41) is 0. The molecule has 1 aliphatic heterocycles. The lowest BCUT2D eigenvalue weighted by Crippen LogP contribution is -2.34. The van der Waals surface area contributed by atoms with Crippen LogP contribution >= 0.6 is 11.6 Å². The monoisotopic (exact) mass is 317 g/mol. The topological polar surface area (TPSA) is 46.6 Å². The Labute approximate surface area is 125 Å². The second kappa shape index (κ2) is 5.92. The summed E-state index contributed by atoms with van der Waals surface area (Å²) in [6.07, 6.45) is 0.901. The number of halogens is 1. The SMILES string of the molecule is COc1ccc(S(=O)(=O)N2CC(C)CC2C)cc1CCl. The normalized spacial score (nSPS) is 24.0. The van der Waals surface area contributed by atoms with Crippen LogP contribution in [-0.4, -0.2) is 32.4 Å². The molecule has 0 spiro atoms. The maximum Gasteiger partial charge on any atom is 0.243 e. The maximum atomic E-state index is 12.7. The number of benzene rings is 1. The summed E-state index contributed by atoms with van der Waals surface area (Å²) in [6.45, 7) is 4.60. The summed E-state index contributed by atoms with van der Waals surface area (Å²) >= 11 is 5.86. The molecule has 0 aromatic heterocycles. The average molecular weight is 318 g/mol. The van der Waals surface area contributed by atoms with Crippen molar-refractivity contribution in [3.05, 3.63) is 23.8 Å². The fraction of sp³-hybridized carbons (Fsp3) is 0.571. The van der Waals surface area contributed by atoms with E-state index in [1.54, 1.807) is 29.6 Å². The van der Waals surface area contributed by atoms with Crippen molar-refractivity contribution >= 4 is 21.6 Å². The Bertz CT molecular complexity index is 588. The summed E-state index contributed by atoms with van der Waals surface area (Å²) in [6, 6.07) is 4.89. The Kier molecular flexibility index (Phi) is 4.62. The minimum absolute atomic E-state index is 0.0385. The smallest absolute Gasteiger partial charge is 0.243 e. The number of ether oxygens (including phenoxy) is 1. The van der Waals surface area contributed by atoms with Crippen LogP contribution in [0.5, 0.6) is 5.75 Å². The van der Waals surface area contributed by atoms with Crippen molar-refractivity contribution in [1.82, 2.24) is 4.31 Å². The molecule has 2 atom stereocenters. The molecule has 1 aromatic rings. The third-order valence-electron chi connectivity index (χ3n) is 3.73. The number of sulfonamides is 1. The highest BCUT2D eigenvalue weighted by atomic mass is 35.5. The molecular formula is C14H20ClNO3S. The molecule has 1 aliphatic rings. The molecule has 2 unspecified atom stereocenters. The summed E-state index contributed by atoms with van der Waals surface area (Å²) in [4.78, 5) is 0.287. The van der Waals surface area contributed by atoms with Gasteiger partial charge in [-0.1, -0.05) is 6.92 Å². The van der Waals surface area contributed by atoms with E-state index >= 15 is 0 Å². The van der Waals surface area contributed by atoms with Crippen molar-refractivity contribution in [3.8, 4) is 5.75 Å². The van der Waals surface area contributed by atoms with Gasteiger partial charge in [0.15, 0.2) is 0 Å². The molecule has 0 saturated carbocycles. The second-order valence-corrected chi connectivity index (χ2v) is 7.53. The van der Waals surface area contributed by atoms with E-state index in [9.17, 15) is 8.42 Å². The zero-order valence-corrected chi connectivity index (χ0v) is 13.5. The van der Waals surface area contributed by atoms with Crippen LogP contribution in [0.1, 0.15) is 25.8 Å². The summed E-state index contributed by atoms with van der Waals surface area (Å²) < 4.78 is 32.2. The van der Waals surface area contributed by atoms with Gasteiger partial charge in [-0.15, -0.1) is 11.6 Å². The number of hydrogen-bond acceptors (Lipinski definition) is 3. The lowest BCUT2D eigenvalue weighted by atomic mass is 10.1. The minimum Gasteiger partial charge on any atom is -0.496 e. The number of nitrogens with zero attached hydrogens (tertiary/aromatic N) is 1. The zero-order valence-electron chi connectivity index (χ0n) is 12.0. The molecule has 1 fully saturated rings. The van der Waals surface area contributed by atoms with Crippen molar-refractivity contribution in [3.63, 3.8) is 0 Å². The molecule has 2 rings (SSSR count). The summed E-state index contributed by atoms with van der Waals surface area (Å²) in [7, 11) is -1.91. The molecule has 1 aromatic carbocycles. The van der Waals surface area contributed by atoms with E-state index in [1.807, 2.05) is 6.92 Å². The fourth-order valence-electron chi connectivity index (χ4n) is 2.75. The van der Waals surface area contributed by atoms with E-state index in [1.165, 1.54) is 0 Å². The van der Waals surface area contributed by atoms with Gasteiger partial charge in [0.2, 0.25) is 10.0 Å². The van der Waals surface area contributed by atoms with Crippen LogP contribution in [0.4, 0.5) is 0 Å². The molecular weight excluding hydrogens is 298 g/mol. The fourth-order valence-corrected chi connectivity index (χ4v) is 4.77. The number of rotatable bonds is 4. The largest absolute Gasteiger partial charge is 0.496 e. The predicted molar refractivity (Wildman–Crippen MR) is 79.7 cm³/mol.